The Morgan fingerprint density at radius 1 is 0.898 bits per heavy atom. The number of benzene rings is 3. The molecule has 1 amide bonds. The predicted octanol–water partition coefficient (Wildman–Crippen LogP) is 9.86. The molecule has 2 aliphatic carbocycles. The number of fused-ring (bicyclic) bond motifs is 1. The zero-order valence-electron chi connectivity index (χ0n) is 35.2. The van der Waals surface area contributed by atoms with Crippen LogP contribution < -0.4 is 10.5 Å². The van der Waals surface area contributed by atoms with Gasteiger partial charge in [0.15, 0.2) is 0 Å². The highest BCUT2D eigenvalue weighted by atomic mass is 35.5. The molecule has 0 saturated carbocycles. The lowest BCUT2D eigenvalue weighted by Crippen LogP contribution is -2.47. The van der Waals surface area contributed by atoms with Gasteiger partial charge in [-0.15, -0.1) is 4.99 Å². The molecular formula is C48H58ClN5O5. The quantitative estimate of drug-likeness (QED) is 0.142. The van der Waals surface area contributed by atoms with Crippen LogP contribution in [0.5, 0.6) is 0 Å². The number of aryl methyl sites for hydroxylation is 1. The number of anilines is 1. The van der Waals surface area contributed by atoms with Gasteiger partial charge in [0.25, 0.3) is 0 Å². The molecule has 0 unspecified atom stereocenters. The highest BCUT2D eigenvalue weighted by molar-refractivity contribution is 6.30. The molecule has 2 heterocycles. The average molecular weight is 820 g/mol. The number of aliphatic carboxylic acids is 1. The number of aromatic nitrogens is 2. The first-order chi connectivity index (χ1) is 28.2. The molecule has 0 spiro atoms. The normalized spacial score (nSPS) is 17.9. The summed E-state index contributed by atoms with van der Waals surface area (Å²) in [6.45, 7) is 16.6. The predicted molar refractivity (Wildman–Crippen MR) is 236 cm³/mol. The molecule has 3 aliphatic rings. The molecule has 3 aromatic carbocycles. The number of carboxylic acid groups (broad SMARTS) is 1. The van der Waals surface area contributed by atoms with Crippen LogP contribution in [0.2, 0.25) is 5.02 Å². The van der Waals surface area contributed by atoms with Gasteiger partial charge in [0, 0.05) is 55.6 Å². The summed E-state index contributed by atoms with van der Waals surface area (Å²) in [5, 5.41) is 10.2. The summed E-state index contributed by atoms with van der Waals surface area (Å²) in [6.07, 6.45) is 8.04. The van der Waals surface area contributed by atoms with Crippen LogP contribution in [-0.4, -0.2) is 76.1 Å². The molecule has 1 N–H and O–H groups in total. The molecule has 59 heavy (non-hydrogen) atoms. The first-order valence-electron chi connectivity index (χ1n) is 21.0. The first kappa shape index (κ1) is 42.1. The summed E-state index contributed by atoms with van der Waals surface area (Å²) in [7, 11) is 0. The van der Waals surface area contributed by atoms with E-state index in [1.165, 1.54) is 23.2 Å². The van der Waals surface area contributed by atoms with Crippen molar-refractivity contribution in [2.45, 2.75) is 91.8 Å². The molecular weight excluding hydrogens is 762 g/mol. The van der Waals surface area contributed by atoms with E-state index in [-0.39, 0.29) is 0 Å². The molecule has 312 valence electrons. The van der Waals surface area contributed by atoms with E-state index in [4.69, 9.17) is 21.1 Å². The molecule has 4 aromatic rings. The number of piperazine rings is 1. The van der Waals surface area contributed by atoms with Gasteiger partial charge in [-0.05, 0) is 130 Å². The van der Waals surface area contributed by atoms with Crippen LogP contribution in [0.4, 0.5) is 10.5 Å². The summed E-state index contributed by atoms with van der Waals surface area (Å²) in [5.74, 6) is -0.337. The average Bonchev–Trinajstić information content (AvgIpc) is 3.47. The van der Waals surface area contributed by atoms with Gasteiger partial charge in [0.2, 0.25) is 5.62 Å². The van der Waals surface area contributed by atoms with Gasteiger partial charge in [-0.2, -0.15) is 0 Å². The number of hydrogen-bond acceptors (Lipinski definition) is 6. The number of hydrogen-bond donors (Lipinski definition) is 1. The van der Waals surface area contributed by atoms with Crippen LogP contribution in [0.25, 0.3) is 16.6 Å². The number of amides is 1. The Kier molecular flexibility index (Phi) is 12.9. The maximum Gasteiger partial charge on any atom is 0.437 e. The van der Waals surface area contributed by atoms with Crippen LogP contribution in [-0.2, 0) is 27.4 Å². The molecule has 1 aliphatic heterocycles. The van der Waals surface area contributed by atoms with E-state index >= 15 is 0 Å². The van der Waals surface area contributed by atoms with Crippen molar-refractivity contribution < 1.29 is 24.2 Å². The third-order valence-corrected chi connectivity index (χ3v) is 11.7. The SMILES string of the molecule is CC1(C)CCC(c2ccc(Cl)cc2)=C(CN2CCN(c3cccc(Cn4/c(=N/C(=O)OC(C)(C)C)n(CCCOC5=CCCC(C(=O)O)=C5)c5ccccc54)c3)CC2)C1. The van der Waals surface area contributed by atoms with Crippen LogP contribution >= 0.6 is 11.6 Å². The number of rotatable bonds is 12. The maximum absolute atomic E-state index is 13.3. The first-order valence-corrected chi connectivity index (χ1v) is 21.3. The fraction of sp³-hybridized carbons (Fsp3) is 0.438. The van der Waals surface area contributed by atoms with E-state index in [0.717, 1.165) is 67.2 Å². The van der Waals surface area contributed by atoms with Gasteiger partial charge in [-0.25, -0.2) is 9.59 Å². The third-order valence-electron chi connectivity index (χ3n) is 11.4. The van der Waals surface area contributed by atoms with E-state index in [1.807, 2.05) is 57.2 Å². The van der Waals surface area contributed by atoms with E-state index in [0.29, 0.717) is 61.3 Å². The Morgan fingerprint density at radius 3 is 2.34 bits per heavy atom. The van der Waals surface area contributed by atoms with Crippen molar-refractivity contribution in [3.63, 3.8) is 0 Å². The molecule has 1 aromatic heterocycles. The van der Waals surface area contributed by atoms with Crippen molar-refractivity contribution in [3.05, 3.63) is 124 Å². The molecule has 11 heteroatoms. The van der Waals surface area contributed by atoms with E-state index in [1.54, 1.807) is 11.6 Å². The number of ether oxygens (including phenoxy) is 2. The number of nitrogens with zero attached hydrogens (tertiary/aromatic N) is 5. The lowest BCUT2D eigenvalue weighted by atomic mass is 9.73. The highest BCUT2D eigenvalue weighted by Gasteiger charge is 2.30. The summed E-state index contributed by atoms with van der Waals surface area (Å²) >= 11 is 6.25. The molecule has 0 atom stereocenters. The second-order valence-corrected chi connectivity index (χ2v) is 18.2. The topological polar surface area (TPSA) is 102 Å². The van der Waals surface area contributed by atoms with Gasteiger partial charge >= 0.3 is 12.1 Å². The molecule has 0 radical (unpaired) electrons. The zero-order valence-corrected chi connectivity index (χ0v) is 35.9. The van der Waals surface area contributed by atoms with Crippen LogP contribution in [0.1, 0.15) is 84.3 Å². The van der Waals surface area contributed by atoms with Gasteiger partial charge in [-0.1, -0.05) is 67.4 Å². The van der Waals surface area contributed by atoms with Gasteiger partial charge < -0.3 is 28.6 Å². The van der Waals surface area contributed by atoms with Crippen LogP contribution in [0.15, 0.2) is 107 Å². The fourth-order valence-electron chi connectivity index (χ4n) is 8.53. The third kappa shape index (κ3) is 10.8. The van der Waals surface area contributed by atoms with E-state index in [9.17, 15) is 14.7 Å². The summed E-state index contributed by atoms with van der Waals surface area (Å²) in [4.78, 5) is 34.5. The minimum absolute atomic E-state index is 0.298. The lowest BCUT2D eigenvalue weighted by Gasteiger charge is -2.39. The summed E-state index contributed by atoms with van der Waals surface area (Å²) in [6, 6.07) is 25.2. The van der Waals surface area contributed by atoms with Crippen molar-refractivity contribution in [3.8, 4) is 0 Å². The fourth-order valence-corrected chi connectivity index (χ4v) is 8.66. The van der Waals surface area contributed by atoms with Crippen LogP contribution in [0, 0.1) is 5.41 Å². The van der Waals surface area contributed by atoms with Crippen LogP contribution in [0.3, 0.4) is 0 Å². The van der Waals surface area contributed by atoms with E-state index in [2.05, 4.69) is 80.2 Å². The largest absolute Gasteiger partial charge is 0.494 e. The second kappa shape index (κ2) is 18.1. The number of para-hydroxylation sites is 2. The molecule has 0 bridgehead atoms. The molecule has 7 rings (SSSR count). The van der Waals surface area contributed by atoms with Gasteiger partial charge in [-0.3, -0.25) is 4.90 Å². The smallest absolute Gasteiger partial charge is 0.437 e. The Labute approximate surface area is 353 Å². The Hall–Kier alpha value is -5.06. The van der Waals surface area contributed by atoms with Crippen molar-refractivity contribution in [2.24, 2.45) is 10.4 Å². The second-order valence-electron chi connectivity index (χ2n) is 17.8. The Balaban J connectivity index is 1.09. The Bertz CT molecular complexity index is 2330. The van der Waals surface area contributed by atoms with Crippen molar-refractivity contribution in [1.29, 1.82) is 0 Å². The maximum atomic E-state index is 13.3. The summed E-state index contributed by atoms with van der Waals surface area (Å²) in [5.41, 5.74) is 9.00. The minimum Gasteiger partial charge on any atom is -0.494 e. The summed E-state index contributed by atoms with van der Waals surface area (Å²) < 4.78 is 15.8. The number of halogens is 1. The van der Waals surface area contributed by atoms with Gasteiger partial charge in [0.05, 0.1) is 24.2 Å². The standard InChI is InChI=1S/C48H58ClN5O5/c1-47(2,3)59-46(57)50-45-53(23-10-28-58-40-14-9-12-36(30-40)44(55)56)42-15-6-7-16-43(42)54(45)32-34-11-8-13-39(29-34)52-26-24-51(25-27-52)33-37-31-48(4,5)22-21-41(37)35-17-19-38(49)20-18-35/h6-8,11,13-20,29-30H,9-10,12,21-28,31-33H2,1-5H3,(H,55,56)/b50-45+. The highest BCUT2D eigenvalue weighted by Crippen LogP contribution is 2.43. The monoisotopic (exact) mass is 819 g/mol. The molecule has 1 fully saturated rings. The van der Waals surface area contributed by atoms with E-state index < -0.39 is 17.7 Å². The Morgan fingerprint density at radius 2 is 1.63 bits per heavy atom. The van der Waals surface area contributed by atoms with Crippen molar-refractivity contribution >= 4 is 46.0 Å². The van der Waals surface area contributed by atoms with Crippen molar-refractivity contribution in [2.75, 3.05) is 44.2 Å². The lowest BCUT2D eigenvalue weighted by molar-refractivity contribution is -0.132. The molecule has 10 nitrogen and oxygen atoms in total. The number of imidazole rings is 1. The van der Waals surface area contributed by atoms with Crippen molar-refractivity contribution in [1.82, 2.24) is 14.0 Å². The van der Waals surface area contributed by atoms with Gasteiger partial charge in [0.1, 0.15) is 11.4 Å². The zero-order chi connectivity index (χ0) is 41.7. The number of allylic oxidation sites excluding steroid dienone is 3. The number of carboxylic acids is 1. The number of carbonyl (C=O) groups is 2. The molecule has 1 saturated heterocycles. The number of carbonyl (C=O) groups excluding carboxylic acids is 1. The minimum atomic E-state index is -0.916.